The minimum absolute atomic E-state index is 0.167. The zero-order valence-electron chi connectivity index (χ0n) is 17.6. The van der Waals surface area contributed by atoms with Crippen molar-refractivity contribution in [1.82, 2.24) is 14.7 Å². The molecule has 1 unspecified atom stereocenters. The van der Waals surface area contributed by atoms with E-state index in [4.69, 9.17) is 21.1 Å². The molecule has 2 fully saturated rings. The van der Waals surface area contributed by atoms with Gasteiger partial charge in [0.15, 0.2) is 0 Å². The number of nitrogens with zero attached hydrogens (tertiary/aromatic N) is 3. The lowest BCUT2D eigenvalue weighted by atomic mass is 9.88. The summed E-state index contributed by atoms with van der Waals surface area (Å²) in [4.78, 5) is 14.9. The normalized spacial score (nSPS) is 20.3. The van der Waals surface area contributed by atoms with Crippen LogP contribution in [0.5, 0.6) is 5.75 Å². The molecule has 2 aromatic rings. The summed E-state index contributed by atoms with van der Waals surface area (Å²) in [5, 5.41) is 5.32. The van der Waals surface area contributed by atoms with Gasteiger partial charge in [0.1, 0.15) is 11.9 Å². The second kappa shape index (κ2) is 9.84. The maximum atomic E-state index is 12.9. The molecule has 1 aromatic heterocycles. The third kappa shape index (κ3) is 5.16. The van der Waals surface area contributed by atoms with E-state index in [0.717, 1.165) is 36.4 Å². The van der Waals surface area contributed by atoms with Crippen molar-refractivity contribution in [3.63, 3.8) is 0 Å². The molecule has 162 valence electrons. The number of hydrogen-bond acceptors (Lipinski definition) is 4. The molecule has 1 saturated carbocycles. The number of aryl methyl sites for hydroxylation is 1. The number of morpholine rings is 1. The highest BCUT2D eigenvalue weighted by atomic mass is 35.5. The minimum Gasteiger partial charge on any atom is -0.493 e. The van der Waals surface area contributed by atoms with E-state index in [2.05, 4.69) is 11.2 Å². The topological polar surface area (TPSA) is 56.6 Å². The van der Waals surface area contributed by atoms with Crippen LogP contribution in [0.1, 0.15) is 49.6 Å². The van der Waals surface area contributed by atoms with Crippen molar-refractivity contribution in [2.45, 2.75) is 44.6 Å². The van der Waals surface area contributed by atoms with Gasteiger partial charge in [-0.3, -0.25) is 9.48 Å². The lowest BCUT2D eigenvalue weighted by Gasteiger charge is -2.35. The quantitative estimate of drug-likeness (QED) is 0.688. The predicted octanol–water partition coefficient (Wildman–Crippen LogP) is 4.18. The molecule has 30 heavy (non-hydrogen) atoms. The molecule has 1 aliphatic heterocycles. The lowest BCUT2D eigenvalue weighted by Crippen LogP contribution is -2.45. The smallest absolute Gasteiger partial charge is 0.225 e. The van der Waals surface area contributed by atoms with E-state index in [9.17, 15) is 4.79 Å². The van der Waals surface area contributed by atoms with Gasteiger partial charge < -0.3 is 14.4 Å². The Kier molecular flexibility index (Phi) is 6.95. The van der Waals surface area contributed by atoms with Gasteiger partial charge >= 0.3 is 0 Å². The van der Waals surface area contributed by atoms with Crippen LogP contribution in [-0.2, 0) is 23.0 Å². The van der Waals surface area contributed by atoms with Gasteiger partial charge in [0.2, 0.25) is 5.91 Å². The van der Waals surface area contributed by atoms with Gasteiger partial charge in [-0.2, -0.15) is 5.10 Å². The fraction of sp³-hybridized carbons (Fsp3) is 0.565. The Morgan fingerprint density at radius 1 is 1.27 bits per heavy atom. The number of amides is 1. The molecule has 0 radical (unpaired) electrons. The molecule has 7 heteroatoms. The van der Waals surface area contributed by atoms with Crippen molar-refractivity contribution in [2.75, 3.05) is 26.3 Å². The van der Waals surface area contributed by atoms with E-state index in [0.29, 0.717) is 37.2 Å². The highest BCUT2D eigenvalue weighted by molar-refractivity contribution is 6.30. The van der Waals surface area contributed by atoms with Gasteiger partial charge in [-0.15, -0.1) is 0 Å². The zero-order valence-corrected chi connectivity index (χ0v) is 18.3. The van der Waals surface area contributed by atoms with Gasteiger partial charge in [-0.05, 0) is 37.1 Å². The first-order chi connectivity index (χ1) is 14.6. The van der Waals surface area contributed by atoms with Crippen LogP contribution in [0.2, 0.25) is 5.02 Å². The number of ether oxygens (including phenoxy) is 2. The monoisotopic (exact) mass is 431 g/mol. The van der Waals surface area contributed by atoms with Crippen LogP contribution in [0.4, 0.5) is 0 Å². The summed E-state index contributed by atoms with van der Waals surface area (Å²) in [6.45, 7) is 2.37. The van der Waals surface area contributed by atoms with Crippen molar-refractivity contribution in [3.05, 3.63) is 46.7 Å². The largest absolute Gasteiger partial charge is 0.493 e. The van der Waals surface area contributed by atoms with Crippen LogP contribution < -0.4 is 4.74 Å². The molecule has 1 atom stereocenters. The number of hydrogen-bond donors (Lipinski definition) is 0. The number of rotatable bonds is 6. The Hall–Kier alpha value is -2.05. The number of aromatic nitrogens is 2. The summed E-state index contributed by atoms with van der Waals surface area (Å²) in [5.74, 6) is 1.26. The van der Waals surface area contributed by atoms with Crippen LogP contribution in [-0.4, -0.2) is 46.9 Å². The van der Waals surface area contributed by atoms with Gasteiger partial charge in [0.05, 0.1) is 25.5 Å². The Bertz CT molecular complexity index is 863. The number of halogens is 1. The molecule has 4 rings (SSSR count). The second-order valence-electron chi connectivity index (χ2n) is 8.22. The summed E-state index contributed by atoms with van der Waals surface area (Å²) in [6.07, 6.45) is 6.22. The summed E-state index contributed by atoms with van der Waals surface area (Å²) < 4.78 is 13.7. The average Bonchev–Trinajstić information content (AvgIpc) is 3.14. The molecular weight excluding hydrogens is 402 g/mol. The van der Waals surface area contributed by atoms with E-state index in [1.165, 1.54) is 19.3 Å². The third-order valence-corrected chi connectivity index (χ3v) is 6.32. The predicted molar refractivity (Wildman–Crippen MR) is 116 cm³/mol. The highest BCUT2D eigenvalue weighted by Crippen LogP contribution is 2.28. The number of benzene rings is 1. The third-order valence-electron chi connectivity index (χ3n) is 6.08. The number of carbonyl (C=O) groups is 1. The van der Waals surface area contributed by atoms with E-state index in [1.807, 2.05) is 40.9 Å². The molecule has 1 aliphatic carbocycles. The van der Waals surface area contributed by atoms with E-state index in [1.54, 1.807) is 0 Å². The molecule has 2 heterocycles. The van der Waals surface area contributed by atoms with Crippen molar-refractivity contribution in [3.8, 4) is 5.75 Å². The SMILES string of the molecule is Cn1nc(C2CN(C(=O)C3CCCCC3)CCO2)cc1CCOc1cccc(Cl)c1. The standard InChI is InChI=1S/C23H30ClN3O3/c1-26-19(10-12-29-20-9-5-8-18(24)14-20)15-21(25-26)22-16-27(11-13-30-22)23(28)17-6-3-2-4-7-17/h5,8-9,14-15,17,22H,2-4,6-7,10-13,16H2,1H3. The van der Waals surface area contributed by atoms with E-state index < -0.39 is 0 Å². The minimum atomic E-state index is -0.167. The van der Waals surface area contributed by atoms with E-state index in [-0.39, 0.29) is 12.0 Å². The van der Waals surface area contributed by atoms with Gasteiger partial charge in [0.25, 0.3) is 0 Å². The lowest BCUT2D eigenvalue weighted by molar-refractivity contribution is -0.144. The molecule has 2 aliphatic rings. The maximum Gasteiger partial charge on any atom is 0.225 e. The fourth-order valence-electron chi connectivity index (χ4n) is 4.39. The first kappa shape index (κ1) is 21.2. The molecule has 1 amide bonds. The van der Waals surface area contributed by atoms with Crippen LogP contribution >= 0.6 is 11.6 Å². The van der Waals surface area contributed by atoms with Crippen LogP contribution in [0.15, 0.2) is 30.3 Å². The molecule has 0 spiro atoms. The molecule has 1 aromatic carbocycles. The average molecular weight is 432 g/mol. The van der Waals surface area contributed by atoms with E-state index >= 15 is 0 Å². The summed E-state index contributed by atoms with van der Waals surface area (Å²) in [5.41, 5.74) is 1.96. The van der Waals surface area contributed by atoms with Crippen molar-refractivity contribution < 1.29 is 14.3 Å². The molecular formula is C23H30ClN3O3. The fourth-order valence-corrected chi connectivity index (χ4v) is 4.57. The molecule has 0 bridgehead atoms. The zero-order chi connectivity index (χ0) is 20.9. The Labute approximate surface area is 183 Å². The second-order valence-corrected chi connectivity index (χ2v) is 8.66. The van der Waals surface area contributed by atoms with Gasteiger partial charge in [0, 0.05) is 36.6 Å². The first-order valence-electron chi connectivity index (χ1n) is 10.9. The number of carbonyl (C=O) groups excluding carboxylic acids is 1. The van der Waals surface area contributed by atoms with Gasteiger partial charge in [-0.1, -0.05) is 36.9 Å². The summed E-state index contributed by atoms with van der Waals surface area (Å²) >= 11 is 6.00. The van der Waals surface area contributed by atoms with Crippen LogP contribution in [0.25, 0.3) is 0 Å². The highest BCUT2D eigenvalue weighted by Gasteiger charge is 2.31. The molecule has 0 N–H and O–H groups in total. The first-order valence-corrected chi connectivity index (χ1v) is 11.3. The van der Waals surface area contributed by atoms with Crippen LogP contribution in [0, 0.1) is 5.92 Å². The Balaban J connectivity index is 1.34. The maximum absolute atomic E-state index is 12.9. The van der Waals surface area contributed by atoms with Crippen molar-refractivity contribution >= 4 is 17.5 Å². The molecule has 6 nitrogen and oxygen atoms in total. The van der Waals surface area contributed by atoms with Crippen molar-refractivity contribution in [2.24, 2.45) is 13.0 Å². The Morgan fingerprint density at radius 2 is 2.10 bits per heavy atom. The Morgan fingerprint density at radius 3 is 2.90 bits per heavy atom. The molecule has 1 saturated heterocycles. The van der Waals surface area contributed by atoms with Crippen LogP contribution in [0.3, 0.4) is 0 Å². The van der Waals surface area contributed by atoms with Crippen molar-refractivity contribution in [1.29, 1.82) is 0 Å². The summed E-state index contributed by atoms with van der Waals surface area (Å²) in [6, 6.07) is 9.48. The van der Waals surface area contributed by atoms with Gasteiger partial charge in [-0.25, -0.2) is 0 Å². The summed E-state index contributed by atoms with van der Waals surface area (Å²) in [7, 11) is 1.94.